The summed E-state index contributed by atoms with van der Waals surface area (Å²) in [6.45, 7) is 3.05. The van der Waals surface area contributed by atoms with Gasteiger partial charge in [0.1, 0.15) is 0 Å². The topological polar surface area (TPSA) is 77.0 Å². The molecule has 2 saturated carbocycles. The van der Waals surface area contributed by atoms with Crippen LogP contribution < -0.4 is 10.6 Å². The molecule has 160 valence electrons. The van der Waals surface area contributed by atoms with Gasteiger partial charge < -0.3 is 15.5 Å². The maximum absolute atomic E-state index is 12.7. The maximum Gasteiger partial charge on any atom is 0.233 e. The Kier molecular flexibility index (Phi) is 6.23. The zero-order chi connectivity index (χ0) is 20.4. The van der Waals surface area contributed by atoms with Gasteiger partial charge in [-0.2, -0.15) is 0 Å². The Hall–Kier alpha value is -1.89. The number of rotatable bonds is 8. The summed E-state index contributed by atoms with van der Waals surface area (Å²) in [4.78, 5) is 33.6. The van der Waals surface area contributed by atoms with E-state index in [1.807, 2.05) is 0 Å². The largest absolute Gasteiger partial charge is 0.356 e. The number of nitrogens with one attached hydrogen (secondary N) is 2. The van der Waals surface area contributed by atoms with Crippen LogP contribution in [-0.4, -0.2) is 73.9 Å². The van der Waals surface area contributed by atoms with Crippen LogP contribution in [0.4, 0.5) is 0 Å². The molecule has 1 saturated heterocycles. The molecular formula is C22H35N5O2. The molecule has 0 aromatic rings. The van der Waals surface area contributed by atoms with Gasteiger partial charge in [-0.1, -0.05) is 25.0 Å². The molecule has 4 atom stereocenters. The molecule has 7 heteroatoms. The Morgan fingerprint density at radius 2 is 1.72 bits per heavy atom. The van der Waals surface area contributed by atoms with Crippen LogP contribution in [-0.2, 0) is 9.59 Å². The fraction of sp³-hybridized carbons (Fsp3) is 0.773. The number of nitrogens with zero attached hydrogens (tertiary/aromatic N) is 3. The van der Waals surface area contributed by atoms with Gasteiger partial charge in [0, 0.05) is 39.3 Å². The van der Waals surface area contributed by atoms with E-state index >= 15 is 0 Å². The second-order valence-electron chi connectivity index (χ2n) is 9.03. The third-order valence-electron chi connectivity index (χ3n) is 7.34. The van der Waals surface area contributed by atoms with Crippen molar-refractivity contribution in [2.24, 2.45) is 28.7 Å². The second kappa shape index (κ2) is 8.86. The summed E-state index contributed by atoms with van der Waals surface area (Å²) >= 11 is 0. The Balaban J connectivity index is 1.14. The summed E-state index contributed by atoms with van der Waals surface area (Å²) < 4.78 is 0. The smallest absolute Gasteiger partial charge is 0.233 e. The molecule has 3 aliphatic carbocycles. The zero-order valence-electron chi connectivity index (χ0n) is 17.8. The molecule has 0 spiro atoms. The second-order valence-corrected chi connectivity index (χ2v) is 9.03. The van der Waals surface area contributed by atoms with Gasteiger partial charge in [0.2, 0.25) is 11.8 Å². The van der Waals surface area contributed by atoms with E-state index in [-0.39, 0.29) is 35.5 Å². The molecule has 1 heterocycles. The SMILES string of the molecule is CN=C(NCCCN1C(=O)C2C3C=CC(C3)C2C1=O)NCCN(C)C1CCCC1. The summed E-state index contributed by atoms with van der Waals surface area (Å²) in [7, 11) is 3.97. The summed E-state index contributed by atoms with van der Waals surface area (Å²) in [5, 5.41) is 6.67. The van der Waals surface area contributed by atoms with Gasteiger partial charge in [-0.3, -0.25) is 19.5 Å². The first kappa shape index (κ1) is 20.4. The van der Waals surface area contributed by atoms with Crippen molar-refractivity contribution in [2.75, 3.05) is 40.3 Å². The van der Waals surface area contributed by atoms with E-state index in [2.05, 4.69) is 39.7 Å². The Labute approximate surface area is 174 Å². The van der Waals surface area contributed by atoms with Crippen LogP contribution in [0, 0.1) is 23.7 Å². The molecule has 0 aromatic heterocycles. The number of hydrogen-bond acceptors (Lipinski definition) is 4. The number of fused-ring (bicyclic) bond motifs is 5. The summed E-state index contributed by atoms with van der Waals surface area (Å²) in [6.07, 6.45) is 11.3. The van der Waals surface area contributed by atoms with Gasteiger partial charge in [-0.25, -0.2) is 0 Å². The zero-order valence-corrected chi connectivity index (χ0v) is 17.8. The van der Waals surface area contributed by atoms with Crippen LogP contribution >= 0.6 is 0 Å². The third-order valence-corrected chi connectivity index (χ3v) is 7.34. The maximum atomic E-state index is 12.7. The van der Waals surface area contributed by atoms with Crippen molar-refractivity contribution >= 4 is 17.8 Å². The van der Waals surface area contributed by atoms with Crippen LogP contribution in [0.15, 0.2) is 17.1 Å². The van der Waals surface area contributed by atoms with Crippen molar-refractivity contribution in [3.63, 3.8) is 0 Å². The summed E-state index contributed by atoms with van der Waals surface area (Å²) in [5.74, 6) is 1.28. The van der Waals surface area contributed by atoms with Gasteiger partial charge in [0.05, 0.1) is 11.8 Å². The molecule has 2 bridgehead atoms. The molecule has 1 aliphatic heterocycles. The summed E-state index contributed by atoms with van der Waals surface area (Å²) in [5.41, 5.74) is 0. The van der Waals surface area contributed by atoms with Crippen molar-refractivity contribution in [2.45, 2.75) is 44.6 Å². The van der Waals surface area contributed by atoms with Gasteiger partial charge in [-0.15, -0.1) is 0 Å². The predicted molar refractivity (Wildman–Crippen MR) is 113 cm³/mol. The number of hydrogen-bond donors (Lipinski definition) is 2. The summed E-state index contributed by atoms with van der Waals surface area (Å²) in [6, 6.07) is 0.729. The van der Waals surface area contributed by atoms with E-state index < -0.39 is 0 Å². The number of guanidine groups is 1. The van der Waals surface area contributed by atoms with Gasteiger partial charge in [0.15, 0.2) is 5.96 Å². The number of amides is 2. The molecule has 4 rings (SSSR count). The fourth-order valence-corrected chi connectivity index (χ4v) is 5.73. The van der Waals surface area contributed by atoms with E-state index in [0.29, 0.717) is 13.1 Å². The minimum atomic E-state index is -0.0863. The Bertz CT molecular complexity index is 655. The molecule has 4 unspecified atom stereocenters. The Morgan fingerprint density at radius 1 is 1.10 bits per heavy atom. The van der Waals surface area contributed by atoms with Crippen LogP contribution in [0.2, 0.25) is 0 Å². The van der Waals surface area contributed by atoms with Crippen molar-refractivity contribution in [1.29, 1.82) is 0 Å². The minimum absolute atomic E-state index is 0.0503. The van der Waals surface area contributed by atoms with E-state index in [4.69, 9.17) is 0 Å². The monoisotopic (exact) mass is 401 g/mol. The van der Waals surface area contributed by atoms with E-state index in [1.54, 1.807) is 7.05 Å². The average Bonchev–Trinajstić information content (AvgIpc) is 3.50. The highest BCUT2D eigenvalue weighted by Crippen LogP contribution is 2.52. The van der Waals surface area contributed by atoms with Crippen molar-refractivity contribution in [3.05, 3.63) is 12.2 Å². The fourth-order valence-electron chi connectivity index (χ4n) is 5.73. The number of carbonyl (C=O) groups is 2. The molecule has 4 aliphatic rings. The number of carbonyl (C=O) groups excluding carboxylic acids is 2. The first-order chi connectivity index (χ1) is 14.1. The average molecular weight is 402 g/mol. The van der Waals surface area contributed by atoms with Crippen molar-refractivity contribution in [3.8, 4) is 0 Å². The highest BCUT2D eigenvalue weighted by molar-refractivity contribution is 6.06. The molecule has 2 amide bonds. The molecule has 0 aromatic carbocycles. The van der Waals surface area contributed by atoms with E-state index in [0.717, 1.165) is 37.9 Å². The molecule has 29 heavy (non-hydrogen) atoms. The number of imide groups is 1. The first-order valence-corrected chi connectivity index (χ1v) is 11.3. The predicted octanol–water partition coefficient (Wildman–Crippen LogP) is 1.22. The number of likely N-dealkylation sites (tertiary alicyclic amines) is 1. The number of allylic oxidation sites excluding steroid dienone is 2. The lowest BCUT2D eigenvalue weighted by atomic mass is 9.85. The van der Waals surface area contributed by atoms with E-state index in [1.165, 1.54) is 30.6 Å². The minimum Gasteiger partial charge on any atom is -0.356 e. The third kappa shape index (κ3) is 4.06. The standard InChI is InChI=1S/C22H35N5O2/c1-23-22(25-11-13-26(2)17-6-3-4-7-17)24-10-5-12-27-20(28)18-15-8-9-16(14-15)19(18)21(27)29/h8-9,15-19H,3-7,10-14H2,1-2H3,(H2,23,24,25). The van der Waals surface area contributed by atoms with Gasteiger partial charge in [0.25, 0.3) is 0 Å². The lowest BCUT2D eigenvalue weighted by molar-refractivity contribution is -0.140. The quantitative estimate of drug-likeness (QED) is 0.210. The van der Waals surface area contributed by atoms with Crippen molar-refractivity contribution in [1.82, 2.24) is 20.4 Å². The molecule has 7 nitrogen and oxygen atoms in total. The van der Waals surface area contributed by atoms with Gasteiger partial charge >= 0.3 is 0 Å². The molecule has 2 N–H and O–H groups in total. The number of likely N-dealkylation sites (N-methyl/N-ethyl adjacent to an activating group) is 1. The lowest BCUT2D eigenvalue weighted by Gasteiger charge is -2.24. The van der Waals surface area contributed by atoms with E-state index in [9.17, 15) is 9.59 Å². The Morgan fingerprint density at radius 3 is 2.34 bits per heavy atom. The molecule has 3 fully saturated rings. The van der Waals surface area contributed by atoms with Crippen LogP contribution in [0.25, 0.3) is 0 Å². The van der Waals surface area contributed by atoms with Gasteiger partial charge in [-0.05, 0) is 44.6 Å². The van der Waals surface area contributed by atoms with Crippen LogP contribution in [0.5, 0.6) is 0 Å². The van der Waals surface area contributed by atoms with Crippen molar-refractivity contribution < 1.29 is 9.59 Å². The lowest BCUT2D eigenvalue weighted by Crippen LogP contribution is -2.43. The van der Waals surface area contributed by atoms with Crippen LogP contribution in [0.3, 0.4) is 0 Å². The highest BCUT2D eigenvalue weighted by atomic mass is 16.2. The first-order valence-electron chi connectivity index (χ1n) is 11.3. The molecular weight excluding hydrogens is 366 g/mol. The normalized spacial score (nSPS) is 31.4. The molecule has 0 radical (unpaired) electrons. The highest BCUT2D eigenvalue weighted by Gasteiger charge is 2.58. The van der Waals surface area contributed by atoms with Crippen LogP contribution in [0.1, 0.15) is 38.5 Å². The number of aliphatic imine (C=N–C) groups is 1.